The van der Waals surface area contributed by atoms with Gasteiger partial charge in [0, 0.05) is 11.8 Å². The molecule has 1 aromatic heterocycles. The predicted molar refractivity (Wildman–Crippen MR) is 84.8 cm³/mol. The van der Waals surface area contributed by atoms with Crippen molar-refractivity contribution in [2.24, 2.45) is 5.16 Å². The number of nitrogens with one attached hydrogen (secondary N) is 1. The maximum atomic E-state index is 11.1. The summed E-state index contributed by atoms with van der Waals surface area (Å²) in [6.07, 6.45) is 1.34. The molecular weight excluding hydrogens is 302 g/mol. The number of phenols is 1. The van der Waals surface area contributed by atoms with Crippen molar-refractivity contribution >= 4 is 22.9 Å². The first-order chi connectivity index (χ1) is 10.9. The predicted octanol–water partition coefficient (Wildman–Crippen LogP) is 1.96. The highest BCUT2D eigenvalue weighted by Gasteiger charge is 2.22. The lowest BCUT2D eigenvalue weighted by molar-refractivity contribution is -0.383. The van der Waals surface area contributed by atoms with E-state index in [1.54, 1.807) is 19.1 Å². The minimum absolute atomic E-state index is 0.0733. The van der Waals surface area contributed by atoms with Gasteiger partial charge in [-0.3, -0.25) is 10.1 Å². The van der Waals surface area contributed by atoms with E-state index in [-0.39, 0.29) is 28.7 Å². The van der Waals surface area contributed by atoms with Gasteiger partial charge in [-0.2, -0.15) is 0 Å². The van der Waals surface area contributed by atoms with Crippen LogP contribution in [0.15, 0.2) is 41.7 Å². The molecule has 1 aromatic carbocycles. The van der Waals surface area contributed by atoms with E-state index in [2.05, 4.69) is 15.5 Å². The Morgan fingerprint density at radius 2 is 2.04 bits per heavy atom. The van der Waals surface area contributed by atoms with Crippen LogP contribution in [-0.2, 0) is 0 Å². The van der Waals surface area contributed by atoms with Crippen molar-refractivity contribution in [1.29, 1.82) is 0 Å². The summed E-state index contributed by atoms with van der Waals surface area (Å²) in [6.45, 7) is 1.67. The lowest BCUT2D eigenvalue weighted by atomic mass is 10.0. The molecule has 0 radical (unpaired) electrons. The molecule has 0 spiro atoms. The van der Waals surface area contributed by atoms with Crippen LogP contribution >= 0.6 is 0 Å². The molecule has 23 heavy (non-hydrogen) atoms. The molecule has 9 nitrogen and oxygen atoms in total. The fourth-order valence-corrected chi connectivity index (χ4v) is 2.11. The molecule has 120 valence electrons. The maximum absolute atomic E-state index is 11.1. The van der Waals surface area contributed by atoms with E-state index in [4.69, 9.17) is 5.73 Å². The van der Waals surface area contributed by atoms with Crippen LogP contribution in [0.2, 0.25) is 0 Å². The fraction of sp³-hybridized carbons (Fsp3) is 0.143. The van der Waals surface area contributed by atoms with E-state index in [9.17, 15) is 20.4 Å². The Morgan fingerprint density at radius 1 is 1.39 bits per heavy atom. The van der Waals surface area contributed by atoms with Crippen molar-refractivity contribution in [3.63, 3.8) is 0 Å². The van der Waals surface area contributed by atoms with Crippen molar-refractivity contribution in [3.05, 3.63) is 52.2 Å². The van der Waals surface area contributed by atoms with Crippen LogP contribution in [0.4, 0.5) is 17.2 Å². The Kier molecular flexibility index (Phi) is 4.60. The molecule has 1 atom stereocenters. The van der Waals surface area contributed by atoms with E-state index in [1.165, 1.54) is 24.4 Å². The number of nitrogens with zero attached hydrogens (tertiary/aromatic N) is 3. The molecule has 0 aliphatic heterocycles. The normalized spacial score (nSPS) is 12.7. The number of oxime groups is 1. The Labute approximate surface area is 131 Å². The standard InChI is InChI=1S/C14H15N5O4/c1-8(12(18-21)9-2-4-10(20)5-3-9)17-11-6-7-16-14(15)13(11)19(22)23/h2-8,20-21H,1H3,(H3,15,16,17)/b18-12+. The summed E-state index contributed by atoms with van der Waals surface area (Å²) < 4.78 is 0. The van der Waals surface area contributed by atoms with Crippen molar-refractivity contribution in [1.82, 2.24) is 4.98 Å². The van der Waals surface area contributed by atoms with Gasteiger partial charge >= 0.3 is 5.69 Å². The van der Waals surface area contributed by atoms with Crippen molar-refractivity contribution < 1.29 is 15.2 Å². The number of phenolic OH excluding ortho intramolecular Hbond substituents is 1. The molecule has 2 rings (SSSR count). The minimum Gasteiger partial charge on any atom is -0.508 e. The molecule has 2 aromatic rings. The third kappa shape index (κ3) is 3.46. The quantitative estimate of drug-likeness (QED) is 0.285. The summed E-state index contributed by atoms with van der Waals surface area (Å²) in [5, 5.41) is 35.8. The van der Waals surface area contributed by atoms with Crippen LogP contribution in [0.5, 0.6) is 5.75 Å². The summed E-state index contributed by atoms with van der Waals surface area (Å²) in [5.41, 5.74) is 6.15. The van der Waals surface area contributed by atoms with Crippen LogP contribution in [0.1, 0.15) is 12.5 Å². The number of nitro groups is 1. The first-order valence-corrected chi connectivity index (χ1v) is 6.60. The number of pyridine rings is 1. The van der Waals surface area contributed by atoms with Gasteiger partial charge in [-0.25, -0.2) is 4.98 Å². The average Bonchev–Trinajstić information content (AvgIpc) is 2.49. The van der Waals surface area contributed by atoms with Crippen molar-refractivity contribution in [2.75, 3.05) is 11.1 Å². The molecule has 9 heteroatoms. The zero-order valence-corrected chi connectivity index (χ0v) is 12.2. The number of aromatic nitrogens is 1. The second-order valence-electron chi connectivity index (χ2n) is 4.75. The molecule has 0 saturated carbocycles. The lowest BCUT2D eigenvalue weighted by Gasteiger charge is -2.17. The van der Waals surface area contributed by atoms with Crippen molar-refractivity contribution in [2.45, 2.75) is 13.0 Å². The number of nitrogens with two attached hydrogens (primary N) is 1. The first kappa shape index (κ1) is 16.0. The summed E-state index contributed by atoms with van der Waals surface area (Å²) in [4.78, 5) is 14.2. The number of anilines is 2. The van der Waals surface area contributed by atoms with E-state index in [0.717, 1.165) is 0 Å². The molecule has 1 heterocycles. The number of nitrogen functional groups attached to an aromatic ring is 1. The SMILES string of the molecule is CC(Nc1ccnc(N)c1[N+](=O)[O-])/C(=N\O)c1ccc(O)cc1. The summed E-state index contributed by atoms with van der Waals surface area (Å²) >= 11 is 0. The third-order valence-electron chi connectivity index (χ3n) is 3.19. The van der Waals surface area contributed by atoms with E-state index >= 15 is 0 Å². The van der Waals surface area contributed by atoms with Gasteiger partial charge in [-0.15, -0.1) is 0 Å². The molecule has 1 unspecified atom stereocenters. The fourth-order valence-electron chi connectivity index (χ4n) is 2.11. The Hall–Kier alpha value is -3.36. The summed E-state index contributed by atoms with van der Waals surface area (Å²) in [6, 6.07) is 6.87. The van der Waals surface area contributed by atoms with Gasteiger partial charge in [-0.05, 0) is 37.3 Å². The molecule has 0 amide bonds. The van der Waals surface area contributed by atoms with Crippen LogP contribution in [0, 0.1) is 10.1 Å². The zero-order chi connectivity index (χ0) is 17.0. The molecular formula is C14H15N5O4. The number of benzene rings is 1. The maximum Gasteiger partial charge on any atom is 0.333 e. The Morgan fingerprint density at radius 3 is 2.61 bits per heavy atom. The summed E-state index contributed by atoms with van der Waals surface area (Å²) in [7, 11) is 0. The monoisotopic (exact) mass is 317 g/mol. The van der Waals surface area contributed by atoms with E-state index < -0.39 is 11.0 Å². The molecule has 0 fully saturated rings. The highest BCUT2D eigenvalue weighted by atomic mass is 16.6. The van der Waals surface area contributed by atoms with Gasteiger partial charge in [0.2, 0.25) is 5.82 Å². The minimum atomic E-state index is -0.631. The number of hydrogen-bond acceptors (Lipinski definition) is 8. The van der Waals surface area contributed by atoms with Crippen LogP contribution in [0.25, 0.3) is 0 Å². The topological polar surface area (TPSA) is 147 Å². The van der Waals surface area contributed by atoms with Gasteiger partial charge in [0.05, 0.1) is 11.0 Å². The number of hydrogen-bond donors (Lipinski definition) is 4. The van der Waals surface area contributed by atoms with Gasteiger partial charge in [-0.1, -0.05) is 5.16 Å². The van der Waals surface area contributed by atoms with Crippen LogP contribution in [0.3, 0.4) is 0 Å². The zero-order valence-electron chi connectivity index (χ0n) is 12.2. The first-order valence-electron chi connectivity index (χ1n) is 6.60. The van der Waals surface area contributed by atoms with Crippen molar-refractivity contribution in [3.8, 4) is 5.75 Å². The van der Waals surface area contributed by atoms with Gasteiger partial charge in [0.25, 0.3) is 0 Å². The highest BCUT2D eigenvalue weighted by molar-refractivity contribution is 6.05. The van der Waals surface area contributed by atoms with E-state index in [1.807, 2.05) is 0 Å². The molecule has 0 bridgehead atoms. The van der Waals surface area contributed by atoms with E-state index in [0.29, 0.717) is 5.56 Å². The smallest absolute Gasteiger partial charge is 0.333 e. The van der Waals surface area contributed by atoms with Gasteiger partial charge in [0.15, 0.2) is 0 Å². The Balaban J connectivity index is 2.31. The highest BCUT2D eigenvalue weighted by Crippen LogP contribution is 2.29. The van der Waals surface area contributed by atoms with Crippen LogP contribution < -0.4 is 11.1 Å². The van der Waals surface area contributed by atoms with Gasteiger partial charge in [0.1, 0.15) is 17.1 Å². The second-order valence-corrected chi connectivity index (χ2v) is 4.75. The number of aromatic hydroxyl groups is 1. The molecule has 5 N–H and O–H groups in total. The number of rotatable bonds is 5. The molecule has 0 aliphatic rings. The summed E-state index contributed by atoms with van der Waals surface area (Å²) in [5.74, 6) is -0.136. The lowest BCUT2D eigenvalue weighted by Crippen LogP contribution is -2.27. The van der Waals surface area contributed by atoms with Gasteiger partial charge < -0.3 is 21.4 Å². The Bertz CT molecular complexity index is 745. The molecule has 0 saturated heterocycles. The van der Waals surface area contributed by atoms with Crippen LogP contribution in [-0.4, -0.2) is 32.0 Å². The average molecular weight is 317 g/mol. The second kappa shape index (κ2) is 6.60. The largest absolute Gasteiger partial charge is 0.508 e. The third-order valence-corrected chi connectivity index (χ3v) is 3.19. The molecule has 0 aliphatic carbocycles.